The van der Waals surface area contributed by atoms with Crippen molar-refractivity contribution >= 4 is 22.0 Å². The molecule has 0 aliphatic carbocycles. The number of rotatable bonds is 5. The Morgan fingerprint density at radius 2 is 2.24 bits per heavy atom. The zero-order valence-corrected chi connectivity index (χ0v) is 11.8. The Hall–Kier alpha value is -2.67. The highest BCUT2D eigenvalue weighted by Gasteiger charge is 2.09. The summed E-state index contributed by atoms with van der Waals surface area (Å²) in [4.78, 5) is 10.3. The minimum absolute atomic E-state index is 0.165. The smallest absolute Gasteiger partial charge is 0.324 e. The zero-order chi connectivity index (χ0) is 14.7. The normalized spacial score (nSPS) is 10.5. The van der Waals surface area contributed by atoms with Gasteiger partial charge in [0, 0.05) is 35.4 Å². The molecule has 0 aliphatic heterocycles. The molecule has 0 unspecified atom stereocenters. The molecule has 3 aromatic rings. The van der Waals surface area contributed by atoms with Crippen molar-refractivity contribution in [3.8, 4) is 11.3 Å². The summed E-state index contributed by atoms with van der Waals surface area (Å²) in [7, 11) is 0. The lowest BCUT2D eigenvalue weighted by molar-refractivity contribution is -0.380. The summed E-state index contributed by atoms with van der Waals surface area (Å²) in [6, 6.07) is 11.4. The van der Waals surface area contributed by atoms with Gasteiger partial charge in [0.05, 0.1) is 10.6 Å². The Kier molecular flexibility index (Phi) is 3.65. The zero-order valence-electron chi connectivity index (χ0n) is 10.9. The number of nitrogens with one attached hydrogen (secondary N) is 2. The molecule has 0 saturated heterocycles. The third kappa shape index (κ3) is 3.09. The number of nitro groups is 1. The van der Waals surface area contributed by atoms with Gasteiger partial charge in [0.15, 0.2) is 0 Å². The predicted octanol–water partition coefficient (Wildman–Crippen LogP) is 3.66. The monoisotopic (exact) mass is 300 g/mol. The molecular weight excluding hydrogens is 288 g/mol. The van der Waals surface area contributed by atoms with E-state index in [0.717, 1.165) is 33.8 Å². The highest BCUT2D eigenvalue weighted by atomic mass is 32.1. The van der Waals surface area contributed by atoms with Crippen LogP contribution < -0.4 is 5.32 Å². The lowest BCUT2D eigenvalue weighted by atomic mass is 10.1. The lowest BCUT2D eigenvalue weighted by Gasteiger charge is -2.06. The number of nitrogens with zero attached hydrogens (tertiary/aromatic N) is 2. The fourth-order valence-corrected chi connectivity index (χ4v) is 2.70. The van der Waals surface area contributed by atoms with Crippen LogP contribution >= 0.6 is 11.3 Å². The van der Waals surface area contributed by atoms with Crippen LogP contribution in [-0.4, -0.2) is 15.1 Å². The summed E-state index contributed by atoms with van der Waals surface area (Å²) >= 11 is 1.14. The number of anilines is 1. The Labute approximate surface area is 124 Å². The maximum Gasteiger partial charge on any atom is 0.324 e. The molecule has 6 nitrogen and oxygen atoms in total. The first-order valence-corrected chi connectivity index (χ1v) is 7.16. The third-order valence-corrected chi connectivity index (χ3v) is 3.92. The molecule has 2 N–H and O–H groups in total. The lowest BCUT2D eigenvalue weighted by Crippen LogP contribution is -1.98. The third-order valence-electron chi connectivity index (χ3n) is 2.99. The first-order valence-electron chi connectivity index (χ1n) is 6.28. The molecule has 0 bridgehead atoms. The van der Waals surface area contributed by atoms with Crippen molar-refractivity contribution in [1.82, 2.24) is 10.2 Å². The molecule has 0 spiro atoms. The SMILES string of the molecule is O=[N+]([O-])c1cc(CNc2cccc(-c3ccn[nH]3)c2)cs1. The topological polar surface area (TPSA) is 83.8 Å². The van der Waals surface area contributed by atoms with E-state index in [9.17, 15) is 10.1 Å². The number of hydrogen-bond donors (Lipinski definition) is 2. The van der Waals surface area contributed by atoms with Crippen molar-refractivity contribution in [2.45, 2.75) is 6.54 Å². The Morgan fingerprint density at radius 3 is 2.95 bits per heavy atom. The summed E-state index contributed by atoms with van der Waals surface area (Å²) in [5, 5.41) is 22.7. The van der Waals surface area contributed by atoms with E-state index in [2.05, 4.69) is 15.5 Å². The van der Waals surface area contributed by atoms with Crippen molar-refractivity contribution in [3.05, 3.63) is 63.7 Å². The number of H-pyrrole nitrogens is 1. The van der Waals surface area contributed by atoms with Crippen LogP contribution in [0.25, 0.3) is 11.3 Å². The van der Waals surface area contributed by atoms with Crippen LogP contribution in [0.2, 0.25) is 0 Å². The summed E-state index contributed by atoms with van der Waals surface area (Å²) in [5.74, 6) is 0. The highest BCUT2D eigenvalue weighted by Crippen LogP contribution is 2.24. The molecule has 21 heavy (non-hydrogen) atoms. The quantitative estimate of drug-likeness (QED) is 0.556. The van der Waals surface area contributed by atoms with E-state index in [0.29, 0.717) is 6.54 Å². The van der Waals surface area contributed by atoms with Gasteiger partial charge in [-0.1, -0.05) is 23.5 Å². The number of aromatic amines is 1. The van der Waals surface area contributed by atoms with Crippen LogP contribution in [0.5, 0.6) is 0 Å². The maximum atomic E-state index is 10.7. The van der Waals surface area contributed by atoms with E-state index < -0.39 is 0 Å². The van der Waals surface area contributed by atoms with Crippen LogP contribution in [0.4, 0.5) is 10.7 Å². The second-order valence-electron chi connectivity index (χ2n) is 4.45. The molecule has 2 heterocycles. The van der Waals surface area contributed by atoms with Gasteiger partial charge < -0.3 is 5.32 Å². The van der Waals surface area contributed by atoms with Crippen molar-refractivity contribution in [3.63, 3.8) is 0 Å². The molecule has 106 valence electrons. The number of aromatic nitrogens is 2. The molecular formula is C14H12N4O2S. The molecule has 0 aliphatic rings. The van der Waals surface area contributed by atoms with Gasteiger partial charge >= 0.3 is 5.00 Å². The van der Waals surface area contributed by atoms with Gasteiger partial charge in [0.25, 0.3) is 0 Å². The van der Waals surface area contributed by atoms with Crippen LogP contribution in [0.15, 0.2) is 48.0 Å². The van der Waals surface area contributed by atoms with Crippen molar-refractivity contribution in [2.24, 2.45) is 0 Å². The van der Waals surface area contributed by atoms with Gasteiger partial charge in [-0.15, -0.1) is 0 Å². The Bertz CT molecular complexity index is 752. The Balaban J connectivity index is 1.70. The van der Waals surface area contributed by atoms with Crippen LogP contribution in [-0.2, 0) is 6.54 Å². The average Bonchev–Trinajstić information content (AvgIpc) is 3.17. The van der Waals surface area contributed by atoms with E-state index in [1.165, 1.54) is 0 Å². The Morgan fingerprint density at radius 1 is 1.33 bits per heavy atom. The van der Waals surface area contributed by atoms with Crippen molar-refractivity contribution < 1.29 is 4.92 Å². The van der Waals surface area contributed by atoms with Crippen LogP contribution in [0, 0.1) is 10.1 Å². The standard InChI is InChI=1S/C14H12N4O2S/c19-18(20)14-6-10(9-21-14)8-15-12-3-1-2-11(7-12)13-4-5-16-17-13/h1-7,9,15H,8H2,(H,16,17). The van der Waals surface area contributed by atoms with Gasteiger partial charge in [-0.2, -0.15) is 5.10 Å². The maximum absolute atomic E-state index is 10.7. The summed E-state index contributed by atoms with van der Waals surface area (Å²) in [5.41, 5.74) is 3.84. The number of benzene rings is 1. The van der Waals surface area contributed by atoms with Crippen LogP contribution in [0.1, 0.15) is 5.56 Å². The van der Waals surface area contributed by atoms with Crippen molar-refractivity contribution in [1.29, 1.82) is 0 Å². The average molecular weight is 300 g/mol. The molecule has 0 amide bonds. The molecule has 0 atom stereocenters. The van der Waals surface area contributed by atoms with E-state index >= 15 is 0 Å². The molecule has 3 rings (SSSR count). The van der Waals surface area contributed by atoms with Gasteiger partial charge in [0.2, 0.25) is 0 Å². The highest BCUT2D eigenvalue weighted by molar-refractivity contribution is 7.13. The summed E-state index contributed by atoms with van der Waals surface area (Å²) < 4.78 is 0. The van der Waals surface area contributed by atoms with E-state index in [1.807, 2.05) is 30.3 Å². The number of hydrogen-bond acceptors (Lipinski definition) is 5. The fraction of sp³-hybridized carbons (Fsp3) is 0.0714. The molecule has 0 radical (unpaired) electrons. The second-order valence-corrected chi connectivity index (χ2v) is 5.34. The van der Waals surface area contributed by atoms with E-state index in [-0.39, 0.29) is 9.92 Å². The largest absolute Gasteiger partial charge is 0.381 e. The fourth-order valence-electron chi connectivity index (χ4n) is 1.97. The first kappa shape index (κ1) is 13.3. The van der Waals surface area contributed by atoms with E-state index in [1.54, 1.807) is 17.6 Å². The minimum atomic E-state index is -0.368. The predicted molar refractivity (Wildman–Crippen MR) is 82.3 cm³/mol. The molecule has 0 saturated carbocycles. The summed E-state index contributed by atoms with van der Waals surface area (Å²) in [6.45, 7) is 0.552. The first-order chi connectivity index (χ1) is 10.2. The molecule has 1 aromatic carbocycles. The van der Waals surface area contributed by atoms with Gasteiger partial charge in [-0.05, 0) is 23.8 Å². The minimum Gasteiger partial charge on any atom is -0.381 e. The number of thiophene rings is 1. The van der Waals surface area contributed by atoms with Crippen LogP contribution in [0.3, 0.4) is 0 Å². The van der Waals surface area contributed by atoms with Gasteiger partial charge in [-0.25, -0.2) is 0 Å². The van der Waals surface area contributed by atoms with Gasteiger partial charge in [-0.3, -0.25) is 15.2 Å². The van der Waals surface area contributed by atoms with E-state index in [4.69, 9.17) is 0 Å². The summed E-state index contributed by atoms with van der Waals surface area (Å²) in [6.07, 6.45) is 1.71. The molecule has 0 fully saturated rings. The van der Waals surface area contributed by atoms with Crippen molar-refractivity contribution in [2.75, 3.05) is 5.32 Å². The molecule has 2 aromatic heterocycles. The van der Waals surface area contributed by atoms with Gasteiger partial charge in [0.1, 0.15) is 0 Å². The second kappa shape index (κ2) is 5.76. The molecule has 7 heteroatoms.